The van der Waals surface area contributed by atoms with E-state index in [-0.39, 0.29) is 15.8 Å². The summed E-state index contributed by atoms with van der Waals surface area (Å²) in [6, 6.07) is 1.57. The van der Waals surface area contributed by atoms with E-state index in [1.165, 1.54) is 13.3 Å². The number of hydrogen-bond acceptors (Lipinski definition) is 3. The average molecular weight is 247 g/mol. The summed E-state index contributed by atoms with van der Waals surface area (Å²) in [5, 5.41) is 0.0955. The Balaban J connectivity index is 2.95. The van der Waals surface area contributed by atoms with Crippen LogP contribution in [0.5, 0.6) is 5.75 Å². The molecule has 0 N–H and O–H groups in total. The highest BCUT2D eigenvalue weighted by molar-refractivity contribution is 6.36. The monoisotopic (exact) mass is 246 g/mol. The summed E-state index contributed by atoms with van der Waals surface area (Å²) in [4.78, 5) is 7.49. The van der Waals surface area contributed by atoms with Gasteiger partial charge in [-0.3, -0.25) is 4.98 Å². The molecule has 0 radical (unpaired) electrons. The van der Waals surface area contributed by atoms with Crippen LogP contribution in [-0.2, 0) is 0 Å². The fraction of sp³-hybridized carbons (Fsp3) is 0.111. The van der Waals surface area contributed by atoms with E-state index in [0.29, 0.717) is 11.1 Å². The third kappa shape index (κ3) is 1.60. The zero-order valence-corrected chi connectivity index (χ0v) is 9.10. The van der Waals surface area contributed by atoms with Gasteiger partial charge in [0.1, 0.15) is 16.4 Å². The molecule has 0 atom stereocenters. The molecule has 3 nitrogen and oxygen atoms in total. The van der Waals surface area contributed by atoms with Gasteiger partial charge in [-0.1, -0.05) is 23.2 Å². The molecule has 2 heterocycles. The molecule has 2 rings (SSSR count). The fourth-order valence-electron chi connectivity index (χ4n) is 1.27. The highest BCUT2D eigenvalue weighted by Gasteiger charge is 2.15. The maximum atomic E-state index is 13.5. The van der Waals surface area contributed by atoms with Crippen molar-refractivity contribution in [2.24, 2.45) is 0 Å². The first kappa shape index (κ1) is 10.4. The van der Waals surface area contributed by atoms with Crippen molar-refractivity contribution in [2.45, 2.75) is 0 Å². The van der Waals surface area contributed by atoms with E-state index in [4.69, 9.17) is 27.9 Å². The molecule has 2 aromatic heterocycles. The lowest BCUT2D eigenvalue weighted by Crippen LogP contribution is -1.94. The molecule has 0 aliphatic heterocycles. The fourth-order valence-corrected chi connectivity index (χ4v) is 1.75. The minimum Gasteiger partial charge on any atom is -0.496 e. The second-order valence-corrected chi connectivity index (χ2v) is 3.46. The molecule has 78 valence electrons. The van der Waals surface area contributed by atoms with Crippen LogP contribution in [0.3, 0.4) is 0 Å². The van der Waals surface area contributed by atoms with Crippen LogP contribution >= 0.6 is 23.2 Å². The van der Waals surface area contributed by atoms with Crippen molar-refractivity contribution in [1.29, 1.82) is 0 Å². The van der Waals surface area contributed by atoms with Crippen LogP contribution in [0.25, 0.3) is 10.9 Å². The Morgan fingerprint density at radius 3 is 2.73 bits per heavy atom. The SMILES string of the molecule is COc1ccnc2c(F)c(Cl)nc(Cl)c12. The maximum Gasteiger partial charge on any atom is 0.186 e. The number of pyridine rings is 2. The van der Waals surface area contributed by atoms with E-state index < -0.39 is 5.82 Å². The molecule has 0 saturated carbocycles. The summed E-state index contributed by atoms with van der Waals surface area (Å²) in [5.74, 6) is -0.289. The van der Waals surface area contributed by atoms with Gasteiger partial charge in [-0.25, -0.2) is 9.37 Å². The van der Waals surface area contributed by atoms with Gasteiger partial charge >= 0.3 is 0 Å². The second kappa shape index (κ2) is 3.79. The van der Waals surface area contributed by atoms with Crippen LogP contribution in [0.1, 0.15) is 0 Å². The number of hydrogen-bond donors (Lipinski definition) is 0. The van der Waals surface area contributed by atoms with Gasteiger partial charge in [0.05, 0.1) is 12.5 Å². The van der Waals surface area contributed by atoms with Crippen LogP contribution in [0.15, 0.2) is 12.3 Å². The molecular formula is C9H5Cl2FN2O. The molecule has 15 heavy (non-hydrogen) atoms. The third-order valence-electron chi connectivity index (χ3n) is 1.92. The van der Waals surface area contributed by atoms with E-state index in [1.54, 1.807) is 6.07 Å². The number of rotatable bonds is 1. The van der Waals surface area contributed by atoms with E-state index in [9.17, 15) is 4.39 Å². The van der Waals surface area contributed by atoms with Gasteiger partial charge in [-0.05, 0) is 6.07 Å². The van der Waals surface area contributed by atoms with Crippen molar-refractivity contribution in [3.63, 3.8) is 0 Å². The Morgan fingerprint density at radius 2 is 2.07 bits per heavy atom. The van der Waals surface area contributed by atoms with Gasteiger partial charge in [0, 0.05) is 6.20 Å². The zero-order valence-electron chi connectivity index (χ0n) is 7.59. The molecule has 0 aliphatic carbocycles. The zero-order chi connectivity index (χ0) is 11.0. The highest BCUT2D eigenvalue weighted by atomic mass is 35.5. The Labute approximate surface area is 94.8 Å². The molecule has 0 spiro atoms. The van der Waals surface area contributed by atoms with Crippen molar-refractivity contribution in [3.05, 3.63) is 28.4 Å². The molecule has 0 aliphatic rings. The lowest BCUT2D eigenvalue weighted by molar-refractivity contribution is 0.419. The maximum absolute atomic E-state index is 13.5. The quantitative estimate of drug-likeness (QED) is 0.726. The highest BCUT2D eigenvalue weighted by Crippen LogP contribution is 2.33. The van der Waals surface area contributed by atoms with Crippen molar-refractivity contribution >= 4 is 34.1 Å². The first-order valence-electron chi connectivity index (χ1n) is 3.98. The molecule has 0 aromatic carbocycles. The number of ether oxygens (including phenoxy) is 1. The number of nitrogens with zero attached hydrogens (tertiary/aromatic N) is 2. The van der Waals surface area contributed by atoms with E-state index >= 15 is 0 Å². The van der Waals surface area contributed by atoms with E-state index in [0.717, 1.165) is 0 Å². The van der Waals surface area contributed by atoms with Crippen LogP contribution in [0.4, 0.5) is 4.39 Å². The first-order chi connectivity index (χ1) is 7.15. The first-order valence-corrected chi connectivity index (χ1v) is 4.74. The van der Waals surface area contributed by atoms with Gasteiger partial charge in [-0.2, -0.15) is 0 Å². The molecular weight excluding hydrogens is 242 g/mol. The average Bonchev–Trinajstić information content (AvgIpc) is 2.25. The molecule has 6 heteroatoms. The number of methoxy groups -OCH3 is 1. The molecule has 0 saturated heterocycles. The van der Waals surface area contributed by atoms with Crippen LogP contribution < -0.4 is 4.74 Å². The molecule has 0 amide bonds. The van der Waals surface area contributed by atoms with Gasteiger partial charge in [0.15, 0.2) is 11.0 Å². The smallest absolute Gasteiger partial charge is 0.186 e. The van der Waals surface area contributed by atoms with Crippen LogP contribution in [-0.4, -0.2) is 17.1 Å². The Kier molecular flexibility index (Phi) is 2.63. The largest absolute Gasteiger partial charge is 0.496 e. The second-order valence-electron chi connectivity index (χ2n) is 2.74. The minimum atomic E-state index is -0.699. The Morgan fingerprint density at radius 1 is 1.33 bits per heavy atom. The summed E-state index contributed by atoms with van der Waals surface area (Å²) in [6.45, 7) is 0. The predicted octanol–water partition coefficient (Wildman–Crippen LogP) is 3.08. The Bertz CT molecular complexity index is 533. The summed E-state index contributed by atoms with van der Waals surface area (Å²) >= 11 is 11.4. The summed E-state index contributed by atoms with van der Waals surface area (Å²) in [7, 11) is 1.46. The third-order valence-corrected chi connectivity index (χ3v) is 2.45. The number of aromatic nitrogens is 2. The van der Waals surface area contributed by atoms with Crippen LogP contribution in [0.2, 0.25) is 10.3 Å². The minimum absolute atomic E-state index is 0.0550. The summed E-state index contributed by atoms with van der Waals surface area (Å²) in [5.41, 5.74) is 0.0550. The van der Waals surface area contributed by atoms with E-state index in [2.05, 4.69) is 9.97 Å². The molecule has 0 bridgehead atoms. The van der Waals surface area contributed by atoms with E-state index in [1.807, 2.05) is 0 Å². The van der Waals surface area contributed by atoms with Gasteiger partial charge in [0.2, 0.25) is 0 Å². The summed E-state index contributed by atoms with van der Waals surface area (Å²) in [6.07, 6.45) is 1.41. The predicted molar refractivity (Wildman–Crippen MR) is 56.1 cm³/mol. The van der Waals surface area contributed by atoms with Crippen molar-refractivity contribution in [3.8, 4) is 5.75 Å². The number of halogens is 3. The topological polar surface area (TPSA) is 35.0 Å². The van der Waals surface area contributed by atoms with Crippen molar-refractivity contribution in [2.75, 3.05) is 7.11 Å². The lowest BCUT2D eigenvalue weighted by Gasteiger charge is -2.06. The molecule has 0 fully saturated rings. The van der Waals surface area contributed by atoms with Crippen molar-refractivity contribution in [1.82, 2.24) is 9.97 Å². The van der Waals surface area contributed by atoms with Crippen LogP contribution in [0, 0.1) is 5.82 Å². The summed E-state index contributed by atoms with van der Waals surface area (Å²) < 4.78 is 18.6. The Hall–Kier alpha value is -1.13. The van der Waals surface area contributed by atoms with Gasteiger partial charge in [-0.15, -0.1) is 0 Å². The standard InChI is InChI=1S/C9H5Cl2FN2O/c1-15-4-2-3-13-7-5(4)8(10)14-9(11)6(7)12/h2-3H,1H3. The molecule has 0 unspecified atom stereocenters. The van der Waals surface area contributed by atoms with Gasteiger partial charge in [0.25, 0.3) is 0 Å². The molecule has 2 aromatic rings. The lowest BCUT2D eigenvalue weighted by atomic mass is 10.2. The van der Waals surface area contributed by atoms with Gasteiger partial charge < -0.3 is 4.74 Å². The normalized spacial score (nSPS) is 10.7. The van der Waals surface area contributed by atoms with Crippen molar-refractivity contribution < 1.29 is 9.13 Å². The number of fused-ring (bicyclic) bond motifs is 1.